The molecule has 0 aromatic heterocycles. The second-order valence-corrected chi connectivity index (χ2v) is 5.34. The Kier molecular flexibility index (Phi) is 4.54. The second-order valence-electron chi connectivity index (χ2n) is 5.34. The van der Waals surface area contributed by atoms with Crippen molar-refractivity contribution in [2.75, 3.05) is 13.1 Å². The number of carbonyl (C=O) groups is 1. The van der Waals surface area contributed by atoms with Gasteiger partial charge < -0.3 is 0 Å². The molecule has 0 spiro atoms. The minimum atomic E-state index is 0.0225. The van der Waals surface area contributed by atoms with Crippen LogP contribution >= 0.6 is 0 Å². The number of ketones is 1. The maximum atomic E-state index is 12.4. The molecule has 1 aliphatic heterocycles. The van der Waals surface area contributed by atoms with Crippen LogP contribution in [0, 0.1) is 5.92 Å². The van der Waals surface area contributed by atoms with Gasteiger partial charge in [0.1, 0.15) is 0 Å². The Labute approximate surface area is 110 Å². The quantitative estimate of drug-likeness (QED) is 0.741. The molecular weight excluding hydrogens is 222 g/mol. The molecule has 98 valence electrons. The molecule has 0 radical (unpaired) electrons. The maximum absolute atomic E-state index is 12.4. The molecule has 0 bridgehead atoms. The molecule has 2 unspecified atom stereocenters. The van der Waals surface area contributed by atoms with Gasteiger partial charge in [-0.1, -0.05) is 43.7 Å². The normalized spacial score (nSPS) is 22.0. The van der Waals surface area contributed by atoms with Crippen LogP contribution in [0.5, 0.6) is 0 Å². The zero-order chi connectivity index (χ0) is 13.0. The highest BCUT2D eigenvalue weighted by molar-refractivity contribution is 5.99. The highest BCUT2D eigenvalue weighted by Gasteiger charge is 2.29. The van der Waals surface area contributed by atoms with Crippen molar-refractivity contribution in [2.45, 2.75) is 39.2 Å². The van der Waals surface area contributed by atoms with Crippen LogP contribution in [0.2, 0.25) is 0 Å². The molecule has 1 heterocycles. The fourth-order valence-corrected chi connectivity index (χ4v) is 2.87. The first-order valence-electron chi connectivity index (χ1n) is 7.05. The molecule has 1 aliphatic rings. The molecule has 1 saturated heterocycles. The highest BCUT2D eigenvalue weighted by atomic mass is 16.1. The molecule has 1 aromatic carbocycles. The minimum absolute atomic E-state index is 0.0225. The van der Waals surface area contributed by atoms with E-state index in [0.717, 1.165) is 24.6 Å². The molecule has 0 amide bonds. The smallest absolute Gasteiger partial charge is 0.179 e. The molecule has 1 aromatic rings. The van der Waals surface area contributed by atoms with Crippen LogP contribution in [0.25, 0.3) is 0 Å². The van der Waals surface area contributed by atoms with Crippen molar-refractivity contribution in [3.63, 3.8) is 0 Å². The third kappa shape index (κ3) is 2.99. The standard InChI is InChI=1S/C16H23NO/c1-3-7-14-10-11-17(12-14)13(2)16(18)15-8-5-4-6-9-15/h4-6,8-9,13-14H,3,7,10-12H2,1-2H3. The molecule has 2 atom stereocenters. The third-order valence-corrected chi connectivity index (χ3v) is 4.00. The zero-order valence-corrected chi connectivity index (χ0v) is 11.4. The number of hydrogen-bond acceptors (Lipinski definition) is 2. The van der Waals surface area contributed by atoms with Gasteiger partial charge in [-0.2, -0.15) is 0 Å². The molecule has 2 rings (SSSR count). The van der Waals surface area contributed by atoms with Gasteiger partial charge in [-0.05, 0) is 32.2 Å². The number of likely N-dealkylation sites (tertiary alicyclic amines) is 1. The van der Waals surface area contributed by atoms with Gasteiger partial charge in [0.15, 0.2) is 5.78 Å². The largest absolute Gasteiger partial charge is 0.293 e. The number of nitrogens with zero attached hydrogens (tertiary/aromatic N) is 1. The third-order valence-electron chi connectivity index (χ3n) is 4.00. The number of rotatable bonds is 5. The van der Waals surface area contributed by atoms with Crippen molar-refractivity contribution in [2.24, 2.45) is 5.92 Å². The highest BCUT2D eigenvalue weighted by Crippen LogP contribution is 2.23. The molecule has 1 fully saturated rings. The van der Waals surface area contributed by atoms with E-state index >= 15 is 0 Å². The lowest BCUT2D eigenvalue weighted by molar-refractivity contribution is 0.0862. The predicted octanol–water partition coefficient (Wildman–Crippen LogP) is 3.38. The van der Waals surface area contributed by atoms with Gasteiger partial charge in [-0.15, -0.1) is 0 Å². The van der Waals surface area contributed by atoms with E-state index in [2.05, 4.69) is 11.8 Å². The van der Waals surface area contributed by atoms with E-state index in [1.165, 1.54) is 19.3 Å². The first kappa shape index (κ1) is 13.3. The van der Waals surface area contributed by atoms with Crippen LogP contribution in [-0.2, 0) is 0 Å². The first-order valence-corrected chi connectivity index (χ1v) is 7.05. The van der Waals surface area contributed by atoms with Gasteiger partial charge in [0.2, 0.25) is 0 Å². The van der Waals surface area contributed by atoms with E-state index in [1.807, 2.05) is 37.3 Å². The number of benzene rings is 1. The SMILES string of the molecule is CCCC1CCN(C(C)C(=O)c2ccccc2)C1. The van der Waals surface area contributed by atoms with E-state index in [-0.39, 0.29) is 11.8 Å². The van der Waals surface area contributed by atoms with Gasteiger partial charge >= 0.3 is 0 Å². The molecule has 2 heteroatoms. The summed E-state index contributed by atoms with van der Waals surface area (Å²) < 4.78 is 0. The van der Waals surface area contributed by atoms with Crippen molar-refractivity contribution >= 4 is 5.78 Å². The molecule has 18 heavy (non-hydrogen) atoms. The maximum Gasteiger partial charge on any atom is 0.179 e. The lowest BCUT2D eigenvalue weighted by Gasteiger charge is -2.23. The number of Topliss-reactive ketones (excluding diaryl/α,β-unsaturated/α-hetero) is 1. The average molecular weight is 245 g/mol. The van der Waals surface area contributed by atoms with Gasteiger partial charge in [0.25, 0.3) is 0 Å². The van der Waals surface area contributed by atoms with E-state index in [1.54, 1.807) is 0 Å². The fraction of sp³-hybridized carbons (Fsp3) is 0.562. The summed E-state index contributed by atoms with van der Waals surface area (Å²) in [5.74, 6) is 1.05. The van der Waals surface area contributed by atoms with Crippen molar-refractivity contribution in [3.8, 4) is 0 Å². The van der Waals surface area contributed by atoms with Gasteiger partial charge in [0.05, 0.1) is 6.04 Å². The topological polar surface area (TPSA) is 20.3 Å². The van der Waals surface area contributed by atoms with Gasteiger partial charge in [0, 0.05) is 12.1 Å². The van der Waals surface area contributed by atoms with E-state index in [9.17, 15) is 4.79 Å². The molecule has 0 saturated carbocycles. The van der Waals surface area contributed by atoms with Crippen molar-refractivity contribution in [1.29, 1.82) is 0 Å². The van der Waals surface area contributed by atoms with Crippen LogP contribution < -0.4 is 0 Å². The monoisotopic (exact) mass is 245 g/mol. The molecular formula is C16H23NO. The predicted molar refractivity (Wildman–Crippen MR) is 74.8 cm³/mol. The van der Waals surface area contributed by atoms with Crippen LogP contribution in [0.1, 0.15) is 43.5 Å². The second kappa shape index (κ2) is 6.14. The average Bonchev–Trinajstić information content (AvgIpc) is 2.87. The Bertz CT molecular complexity index is 387. The van der Waals surface area contributed by atoms with E-state index in [4.69, 9.17) is 0 Å². The summed E-state index contributed by atoms with van der Waals surface area (Å²) in [5.41, 5.74) is 0.837. The first-order chi connectivity index (χ1) is 8.72. The number of hydrogen-bond donors (Lipinski definition) is 0. The zero-order valence-electron chi connectivity index (χ0n) is 11.4. The van der Waals surface area contributed by atoms with Crippen molar-refractivity contribution in [1.82, 2.24) is 4.90 Å². The van der Waals surface area contributed by atoms with Gasteiger partial charge in [-0.3, -0.25) is 9.69 Å². The Balaban J connectivity index is 1.96. The summed E-state index contributed by atoms with van der Waals surface area (Å²) in [6.07, 6.45) is 3.79. The summed E-state index contributed by atoms with van der Waals surface area (Å²) in [6.45, 7) is 6.45. The van der Waals surface area contributed by atoms with Crippen LogP contribution in [-0.4, -0.2) is 29.8 Å². The Morgan fingerprint density at radius 2 is 2.11 bits per heavy atom. The van der Waals surface area contributed by atoms with E-state index in [0.29, 0.717) is 0 Å². The summed E-state index contributed by atoms with van der Waals surface area (Å²) >= 11 is 0. The molecule has 0 N–H and O–H groups in total. The fourth-order valence-electron chi connectivity index (χ4n) is 2.87. The van der Waals surface area contributed by atoms with Crippen LogP contribution in [0.15, 0.2) is 30.3 Å². The van der Waals surface area contributed by atoms with Gasteiger partial charge in [-0.25, -0.2) is 0 Å². The Hall–Kier alpha value is -1.15. The summed E-state index contributed by atoms with van der Waals surface area (Å²) in [7, 11) is 0. The molecule has 0 aliphatic carbocycles. The lowest BCUT2D eigenvalue weighted by Crippen LogP contribution is -2.37. The summed E-state index contributed by atoms with van der Waals surface area (Å²) in [6, 6.07) is 9.67. The van der Waals surface area contributed by atoms with Crippen molar-refractivity contribution < 1.29 is 4.79 Å². The van der Waals surface area contributed by atoms with Crippen LogP contribution in [0.4, 0.5) is 0 Å². The summed E-state index contributed by atoms with van der Waals surface area (Å²) in [4.78, 5) is 14.7. The van der Waals surface area contributed by atoms with Crippen LogP contribution in [0.3, 0.4) is 0 Å². The Morgan fingerprint density at radius 1 is 1.39 bits per heavy atom. The van der Waals surface area contributed by atoms with Crippen molar-refractivity contribution in [3.05, 3.63) is 35.9 Å². The lowest BCUT2D eigenvalue weighted by atomic mass is 10.0. The summed E-state index contributed by atoms with van der Waals surface area (Å²) in [5, 5.41) is 0. The molecule has 2 nitrogen and oxygen atoms in total. The van der Waals surface area contributed by atoms with E-state index < -0.39 is 0 Å². The number of carbonyl (C=O) groups excluding carboxylic acids is 1. The minimum Gasteiger partial charge on any atom is -0.293 e. The Morgan fingerprint density at radius 3 is 2.78 bits per heavy atom.